The fourth-order valence-corrected chi connectivity index (χ4v) is 2.95. The van der Waals surface area contributed by atoms with Gasteiger partial charge in [-0.25, -0.2) is 13.1 Å². The first-order valence-corrected chi connectivity index (χ1v) is 7.07. The van der Waals surface area contributed by atoms with Gasteiger partial charge < -0.3 is 4.74 Å². The third-order valence-electron chi connectivity index (χ3n) is 2.81. The van der Waals surface area contributed by atoms with Crippen LogP contribution in [-0.2, 0) is 15.0 Å². The molecule has 1 aliphatic rings. The van der Waals surface area contributed by atoms with Crippen molar-refractivity contribution in [3.05, 3.63) is 29.8 Å². The van der Waals surface area contributed by atoms with Gasteiger partial charge in [-0.1, -0.05) is 0 Å². The quantitative estimate of drug-likeness (QED) is 0.809. The molecule has 1 heterocycles. The van der Waals surface area contributed by atoms with E-state index in [4.69, 9.17) is 4.74 Å². The van der Waals surface area contributed by atoms with E-state index in [-0.39, 0.29) is 13.1 Å². The maximum atomic E-state index is 13.3. The molecule has 1 fully saturated rings. The Morgan fingerprint density at radius 3 is 2.65 bits per heavy atom. The normalized spacial score (nSPS) is 18.2. The van der Waals surface area contributed by atoms with Crippen LogP contribution in [0.3, 0.4) is 0 Å². The Balaban J connectivity index is 2.05. The molecule has 0 N–H and O–H groups in total. The summed E-state index contributed by atoms with van der Waals surface area (Å²) < 4.78 is 56.1. The molecule has 1 amide bonds. The van der Waals surface area contributed by atoms with E-state index in [1.165, 1.54) is 7.05 Å². The summed E-state index contributed by atoms with van der Waals surface area (Å²) in [6.07, 6.45) is 0. The predicted octanol–water partition coefficient (Wildman–Crippen LogP) is 0.362. The molecule has 1 aromatic rings. The third kappa shape index (κ3) is 2.73. The lowest BCUT2D eigenvalue weighted by Crippen LogP contribution is -2.38. The summed E-state index contributed by atoms with van der Waals surface area (Å²) in [4.78, 5) is 11.8. The van der Waals surface area contributed by atoms with Gasteiger partial charge >= 0.3 is 10.2 Å². The lowest BCUT2D eigenvalue weighted by atomic mass is 10.3. The Kier molecular flexibility index (Phi) is 3.91. The van der Waals surface area contributed by atoms with Crippen LogP contribution < -0.4 is 4.74 Å². The van der Waals surface area contributed by atoms with Gasteiger partial charge in [0, 0.05) is 19.7 Å². The van der Waals surface area contributed by atoms with Gasteiger partial charge in [0.2, 0.25) is 0 Å². The summed E-state index contributed by atoms with van der Waals surface area (Å²) in [5, 5.41) is 0. The Labute approximate surface area is 114 Å². The third-order valence-corrected chi connectivity index (χ3v) is 4.73. The SMILES string of the molecule is CN1CCN(C(=O)COc2cc(F)ccc2F)S1(=O)=O. The number of nitrogens with zero attached hydrogens (tertiary/aromatic N) is 2. The average molecular weight is 306 g/mol. The molecule has 1 saturated heterocycles. The number of rotatable bonds is 3. The van der Waals surface area contributed by atoms with Crippen LogP contribution in [0.5, 0.6) is 5.75 Å². The van der Waals surface area contributed by atoms with Gasteiger partial charge in [0.25, 0.3) is 5.91 Å². The van der Waals surface area contributed by atoms with Gasteiger partial charge in [-0.3, -0.25) is 4.79 Å². The van der Waals surface area contributed by atoms with Crippen molar-refractivity contribution in [1.82, 2.24) is 8.61 Å². The van der Waals surface area contributed by atoms with Crippen molar-refractivity contribution in [1.29, 1.82) is 0 Å². The second-order valence-corrected chi connectivity index (χ2v) is 6.12. The maximum Gasteiger partial charge on any atom is 0.306 e. The summed E-state index contributed by atoms with van der Waals surface area (Å²) in [6.45, 7) is -0.498. The number of carbonyl (C=O) groups is 1. The molecule has 0 atom stereocenters. The number of likely N-dealkylation sites (N-methyl/N-ethyl adjacent to an activating group) is 1. The molecule has 0 spiro atoms. The minimum absolute atomic E-state index is 0.00661. The lowest BCUT2D eigenvalue weighted by molar-refractivity contribution is -0.128. The predicted molar refractivity (Wildman–Crippen MR) is 65.1 cm³/mol. The summed E-state index contributed by atoms with van der Waals surface area (Å²) in [7, 11) is -2.48. The second-order valence-electron chi connectivity index (χ2n) is 4.16. The molecule has 20 heavy (non-hydrogen) atoms. The van der Waals surface area contributed by atoms with E-state index in [9.17, 15) is 22.0 Å². The molecule has 0 aliphatic carbocycles. The highest BCUT2D eigenvalue weighted by Crippen LogP contribution is 2.19. The van der Waals surface area contributed by atoms with Crippen molar-refractivity contribution in [3.63, 3.8) is 0 Å². The topological polar surface area (TPSA) is 66.9 Å². The molecule has 0 radical (unpaired) electrons. The minimum Gasteiger partial charge on any atom is -0.481 e. The molecule has 1 aromatic carbocycles. The molecule has 110 valence electrons. The monoisotopic (exact) mass is 306 g/mol. The van der Waals surface area contributed by atoms with E-state index in [0.717, 1.165) is 22.5 Å². The molecule has 6 nitrogen and oxygen atoms in total. The summed E-state index contributed by atoms with van der Waals surface area (Å²) >= 11 is 0. The van der Waals surface area contributed by atoms with Gasteiger partial charge in [-0.2, -0.15) is 12.7 Å². The van der Waals surface area contributed by atoms with Crippen molar-refractivity contribution >= 4 is 16.1 Å². The van der Waals surface area contributed by atoms with Crippen molar-refractivity contribution in [3.8, 4) is 5.75 Å². The highest BCUT2D eigenvalue weighted by Gasteiger charge is 2.37. The number of ether oxygens (including phenoxy) is 1. The van der Waals surface area contributed by atoms with E-state index >= 15 is 0 Å². The van der Waals surface area contributed by atoms with Crippen molar-refractivity contribution < 1.29 is 26.7 Å². The highest BCUT2D eigenvalue weighted by atomic mass is 32.2. The lowest BCUT2D eigenvalue weighted by Gasteiger charge is -2.16. The fraction of sp³-hybridized carbons (Fsp3) is 0.364. The maximum absolute atomic E-state index is 13.3. The molecule has 0 bridgehead atoms. The van der Waals surface area contributed by atoms with Gasteiger partial charge in [0.15, 0.2) is 18.2 Å². The molecule has 0 aromatic heterocycles. The highest BCUT2D eigenvalue weighted by molar-refractivity contribution is 7.87. The van der Waals surface area contributed by atoms with Crippen molar-refractivity contribution in [2.24, 2.45) is 0 Å². The number of halogens is 2. The van der Waals surface area contributed by atoms with Crippen LogP contribution in [0.1, 0.15) is 0 Å². The Bertz CT molecular complexity index is 635. The summed E-state index contributed by atoms with van der Waals surface area (Å²) in [5.74, 6) is -2.83. The zero-order chi connectivity index (χ0) is 14.9. The van der Waals surface area contributed by atoms with E-state index < -0.39 is 40.1 Å². The number of benzene rings is 1. The smallest absolute Gasteiger partial charge is 0.306 e. The molecular formula is C11H12F2N2O4S. The van der Waals surface area contributed by atoms with Crippen LogP contribution >= 0.6 is 0 Å². The second kappa shape index (κ2) is 5.33. The summed E-state index contributed by atoms with van der Waals surface area (Å²) in [6, 6.07) is 2.55. The van der Waals surface area contributed by atoms with Gasteiger partial charge in [0.05, 0.1) is 6.54 Å². The van der Waals surface area contributed by atoms with Crippen molar-refractivity contribution in [2.45, 2.75) is 0 Å². The number of hydrogen-bond donors (Lipinski definition) is 0. The van der Waals surface area contributed by atoms with Gasteiger partial charge in [-0.15, -0.1) is 0 Å². The zero-order valence-electron chi connectivity index (χ0n) is 10.5. The van der Waals surface area contributed by atoms with Crippen LogP contribution in [0.25, 0.3) is 0 Å². The molecule has 9 heteroatoms. The molecule has 2 rings (SSSR count). The van der Waals surface area contributed by atoms with Crippen LogP contribution in [0.4, 0.5) is 8.78 Å². The van der Waals surface area contributed by atoms with E-state index in [2.05, 4.69) is 0 Å². The molecule has 1 aliphatic heterocycles. The fourth-order valence-electron chi connectivity index (χ4n) is 1.68. The van der Waals surface area contributed by atoms with Crippen molar-refractivity contribution in [2.75, 3.05) is 26.7 Å². The van der Waals surface area contributed by atoms with Crippen LogP contribution in [0, 0.1) is 11.6 Å². The zero-order valence-corrected chi connectivity index (χ0v) is 11.4. The van der Waals surface area contributed by atoms with Crippen LogP contribution in [0.15, 0.2) is 18.2 Å². The van der Waals surface area contributed by atoms with E-state index in [1.54, 1.807) is 0 Å². The largest absolute Gasteiger partial charge is 0.481 e. The standard InChI is InChI=1S/C11H12F2N2O4S/c1-14-4-5-15(20(14,17)18)11(16)7-19-10-6-8(12)2-3-9(10)13/h2-3,6H,4-5,7H2,1H3. The molecule has 0 unspecified atom stereocenters. The first kappa shape index (κ1) is 14.7. The Hall–Kier alpha value is -1.74. The minimum atomic E-state index is -3.82. The van der Waals surface area contributed by atoms with Gasteiger partial charge in [-0.05, 0) is 12.1 Å². The summed E-state index contributed by atoms with van der Waals surface area (Å²) in [5.41, 5.74) is 0. The number of hydrogen-bond acceptors (Lipinski definition) is 4. The van der Waals surface area contributed by atoms with Crippen LogP contribution in [-0.4, -0.2) is 49.7 Å². The van der Waals surface area contributed by atoms with E-state index in [1.807, 2.05) is 0 Å². The molecule has 0 saturated carbocycles. The van der Waals surface area contributed by atoms with Gasteiger partial charge in [0.1, 0.15) is 5.82 Å². The Morgan fingerprint density at radius 2 is 2.05 bits per heavy atom. The van der Waals surface area contributed by atoms with Crippen LogP contribution in [0.2, 0.25) is 0 Å². The first-order chi connectivity index (χ1) is 9.32. The van der Waals surface area contributed by atoms with E-state index in [0.29, 0.717) is 4.31 Å². The number of amides is 1. The first-order valence-electron chi connectivity index (χ1n) is 5.67. The Morgan fingerprint density at radius 1 is 1.35 bits per heavy atom. The molecular weight excluding hydrogens is 294 g/mol. The number of carbonyl (C=O) groups excluding carboxylic acids is 1. The average Bonchev–Trinajstić information content (AvgIpc) is 2.65.